The summed E-state index contributed by atoms with van der Waals surface area (Å²) in [5.74, 6) is -0.839. The second-order valence-corrected chi connectivity index (χ2v) is 5.46. The molecular formula is C14H19N3O6. The number of carbonyl (C=O) groups excluding carboxylic acids is 2. The lowest BCUT2D eigenvalue weighted by Gasteiger charge is -2.38. The number of nitrogens with one attached hydrogen (secondary N) is 1. The van der Waals surface area contributed by atoms with Crippen LogP contribution in [0.15, 0.2) is 17.1 Å². The Morgan fingerprint density at radius 1 is 1.35 bits per heavy atom. The fourth-order valence-electron chi connectivity index (χ4n) is 2.70. The first-order valence-corrected chi connectivity index (χ1v) is 7.19. The first kappa shape index (κ1) is 17.1. The zero-order valence-corrected chi connectivity index (χ0v) is 12.8. The third kappa shape index (κ3) is 3.93. The maximum atomic E-state index is 12.2. The van der Waals surface area contributed by atoms with Gasteiger partial charge in [-0.05, 0) is 18.9 Å². The van der Waals surface area contributed by atoms with Crippen molar-refractivity contribution in [3.8, 4) is 0 Å². The molecule has 9 heteroatoms. The van der Waals surface area contributed by atoms with E-state index in [4.69, 9.17) is 4.74 Å². The largest absolute Gasteiger partial charge is 0.460 e. The van der Waals surface area contributed by atoms with E-state index in [-0.39, 0.29) is 18.1 Å². The number of nitrogens with zero attached hydrogens (tertiary/aromatic N) is 2. The topological polar surface area (TPSA) is 131 Å². The first-order chi connectivity index (χ1) is 10.8. The molecule has 0 spiro atoms. The fourth-order valence-corrected chi connectivity index (χ4v) is 2.70. The normalized spacial score (nSPS) is 27.3. The van der Waals surface area contributed by atoms with Crippen LogP contribution >= 0.6 is 0 Å². The van der Waals surface area contributed by atoms with Crippen molar-refractivity contribution in [2.45, 2.75) is 51.0 Å². The Labute approximate surface area is 131 Å². The van der Waals surface area contributed by atoms with Crippen molar-refractivity contribution in [1.82, 2.24) is 9.55 Å². The number of rotatable bonds is 3. The minimum Gasteiger partial charge on any atom is -0.460 e. The van der Waals surface area contributed by atoms with Crippen molar-refractivity contribution in [2.24, 2.45) is 0 Å². The molecule has 1 aliphatic carbocycles. The molecule has 0 aliphatic heterocycles. The van der Waals surface area contributed by atoms with Gasteiger partial charge in [0.15, 0.2) is 0 Å². The molecule has 1 fully saturated rings. The molecule has 4 atom stereocenters. The summed E-state index contributed by atoms with van der Waals surface area (Å²) in [4.78, 5) is 38.1. The number of hydrogen-bond donors (Lipinski definition) is 3. The summed E-state index contributed by atoms with van der Waals surface area (Å²) in [6.45, 7) is 2.51. The SMILES string of the molecule is CC(=O)Nc1ccn(C2C(OC(C)=O)CCC(O)C2O)c(=O)n1. The van der Waals surface area contributed by atoms with Gasteiger partial charge in [0.05, 0.1) is 6.10 Å². The molecule has 4 unspecified atom stereocenters. The van der Waals surface area contributed by atoms with Crippen LogP contribution in [0.3, 0.4) is 0 Å². The second kappa shape index (κ2) is 6.88. The summed E-state index contributed by atoms with van der Waals surface area (Å²) < 4.78 is 6.26. The number of esters is 1. The quantitative estimate of drug-likeness (QED) is 0.619. The Morgan fingerprint density at radius 3 is 2.61 bits per heavy atom. The molecule has 0 radical (unpaired) electrons. The average molecular weight is 325 g/mol. The second-order valence-electron chi connectivity index (χ2n) is 5.46. The van der Waals surface area contributed by atoms with Gasteiger partial charge in [-0.3, -0.25) is 14.2 Å². The zero-order chi connectivity index (χ0) is 17.1. The lowest BCUT2D eigenvalue weighted by Crippen LogP contribution is -2.50. The molecule has 1 aromatic heterocycles. The van der Waals surface area contributed by atoms with Gasteiger partial charge in [0, 0.05) is 20.0 Å². The van der Waals surface area contributed by atoms with Crippen LogP contribution in [-0.2, 0) is 14.3 Å². The molecule has 0 aromatic carbocycles. The van der Waals surface area contributed by atoms with Gasteiger partial charge in [-0.1, -0.05) is 0 Å². The van der Waals surface area contributed by atoms with Gasteiger partial charge in [0.1, 0.15) is 24.1 Å². The molecule has 1 aliphatic rings. The summed E-state index contributed by atoms with van der Waals surface area (Å²) in [6, 6.07) is 0.440. The lowest BCUT2D eigenvalue weighted by atomic mass is 9.87. The highest BCUT2D eigenvalue weighted by molar-refractivity contribution is 5.87. The molecule has 2 rings (SSSR count). The summed E-state index contributed by atoms with van der Waals surface area (Å²) >= 11 is 0. The van der Waals surface area contributed by atoms with Crippen molar-refractivity contribution in [3.63, 3.8) is 0 Å². The zero-order valence-electron chi connectivity index (χ0n) is 12.8. The standard InChI is InChI=1S/C14H19N3O6/c1-7(18)15-11-5-6-17(14(22)16-11)12-10(23-8(2)19)4-3-9(20)13(12)21/h5-6,9-10,12-13,20-21H,3-4H2,1-2H3,(H,15,16,18,22). The third-order valence-corrected chi connectivity index (χ3v) is 3.64. The van der Waals surface area contributed by atoms with Gasteiger partial charge in [-0.15, -0.1) is 0 Å². The number of carbonyl (C=O) groups is 2. The van der Waals surface area contributed by atoms with Crippen LogP contribution in [0.2, 0.25) is 0 Å². The Balaban J connectivity index is 2.36. The molecule has 126 valence electrons. The monoisotopic (exact) mass is 325 g/mol. The van der Waals surface area contributed by atoms with Crippen molar-refractivity contribution in [3.05, 3.63) is 22.7 Å². The van der Waals surface area contributed by atoms with Gasteiger partial charge < -0.3 is 20.3 Å². The van der Waals surface area contributed by atoms with Crippen LogP contribution in [0.25, 0.3) is 0 Å². The van der Waals surface area contributed by atoms with Crippen LogP contribution in [0.1, 0.15) is 32.7 Å². The van der Waals surface area contributed by atoms with E-state index in [1.807, 2.05) is 0 Å². The molecule has 1 saturated carbocycles. The maximum absolute atomic E-state index is 12.2. The molecule has 1 aromatic rings. The summed E-state index contributed by atoms with van der Waals surface area (Å²) in [6.07, 6.45) is -1.17. The van der Waals surface area contributed by atoms with Crippen LogP contribution in [0.4, 0.5) is 5.82 Å². The number of aliphatic hydroxyl groups excluding tert-OH is 2. The molecule has 1 amide bonds. The highest BCUT2D eigenvalue weighted by Gasteiger charge is 2.41. The minimum atomic E-state index is -1.28. The molecule has 23 heavy (non-hydrogen) atoms. The summed E-state index contributed by atoms with van der Waals surface area (Å²) in [7, 11) is 0. The molecule has 0 saturated heterocycles. The van der Waals surface area contributed by atoms with E-state index in [2.05, 4.69) is 10.3 Å². The molecule has 3 N–H and O–H groups in total. The van der Waals surface area contributed by atoms with E-state index in [0.717, 1.165) is 4.57 Å². The Bertz CT molecular complexity index is 658. The maximum Gasteiger partial charge on any atom is 0.349 e. The molecular weight excluding hydrogens is 306 g/mol. The molecule has 9 nitrogen and oxygen atoms in total. The fraction of sp³-hybridized carbons (Fsp3) is 0.571. The number of ether oxygens (including phenoxy) is 1. The van der Waals surface area contributed by atoms with Crippen molar-refractivity contribution in [2.75, 3.05) is 5.32 Å². The van der Waals surface area contributed by atoms with Gasteiger partial charge in [0.25, 0.3) is 0 Å². The van der Waals surface area contributed by atoms with E-state index in [1.54, 1.807) is 0 Å². The molecule has 1 heterocycles. The number of aromatic nitrogens is 2. The number of aliphatic hydroxyl groups is 2. The highest BCUT2D eigenvalue weighted by atomic mass is 16.5. The van der Waals surface area contributed by atoms with E-state index in [9.17, 15) is 24.6 Å². The van der Waals surface area contributed by atoms with E-state index >= 15 is 0 Å². The van der Waals surface area contributed by atoms with Crippen LogP contribution in [0.5, 0.6) is 0 Å². The Hall–Kier alpha value is -2.26. The van der Waals surface area contributed by atoms with Crippen LogP contribution in [-0.4, -0.2) is 50.0 Å². The Kier molecular flexibility index (Phi) is 5.12. The smallest absolute Gasteiger partial charge is 0.349 e. The predicted molar refractivity (Wildman–Crippen MR) is 78.6 cm³/mol. The van der Waals surface area contributed by atoms with Crippen LogP contribution < -0.4 is 11.0 Å². The summed E-state index contributed by atoms with van der Waals surface area (Å²) in [5, 5.41) is 22.4. The number of hydrogen-bond acceptors (Lipinski definition) is 7. The Morgan fingerprint density at radius 2 is 2.04 bits per heavy atom. The van der Waals surface area contributed by atoms with E-state index in [0.29, 0.717) is 6.42 Å². The van der Waals surface area contributed by atoms with Crippen molar-refractivity contribution < 1.29 is 24.5 Å². The van der Waals surface area contributed by atoms with Crippen molar-refractivity contribution >= 4 is 17.7 Å². The van der Waals surface area contributed by atoms with Crippen molar-refractivity contribution in [1.29, 1.82) is 0 Å². The van der Waals surface area contributed by atoms with E-state index < -0.39 is 36.0 Å². The number of amides is 1. The predicted octanol–water partition coefficient (Wildman–Crippen LogP) is -0.810. The van der Waals surface area contributed by atoms with Gasteiger partial charge in [0.2, 0.25) is 5.91 Å². The third-order valence-electron chi connectivity index (χ3n) is 3.64. The lowest BCUT2D eigenvalue weighted by molar-refractivity contribution is -0.159. The van der Waals surface area contributed by atoms with Gasteiger partial charge >= 0.3 is 11.7 Å². The molecule has 0 bridgehead atoms. The van der Waals surface area contributed by atoms with Gasteiger partial charge in [-0.2, -0.15) is 4.98 Å². The summed E-state index contributed by atoms with van der Waals surface area (Å²) in [5.41, 5.74) is -0.730. The van der Waals surface area contributed by atoms with E-state index in [1.165, 1.54) is 26.1 Å². The minimum absolute atomic E-state index is 0.0774. The average Bonchev–Trinajstić information content (AvgIpc) is 2.43. The van der Waals surface area contributed by atoms with Crippen LogP contribution in [0, 0.1) is 0 Å². The van der Waals surface area contributed by atoms with Gasteiger partial charge in [-0.25, -0.2) is 4.79 Å². The highest BCUT2D eigenvalue weighted by Crippen LogP contribution is 2.31. The number of anilines is 1. The first-order valence-electron chi connectivity index (χ1n) is 7.19.